The SMILES string of the molecule is O=C1NCc2c(Oc3ccc(NSc4ccc(Br)cc4)cc3F)ccnc2N1. The fraction of sp³-hybridized carbons (Fsp3) is 0.0526. The molecule has 9 heteroatoms. The van der Waals surface area contributed by atoms with Crippen molar-refractivity contribution in [3.8, 4) is 11.5 Å². The normalized spacial score (nSPS) is 12.6. The minimum atomic E-state index is -0.500. The second-order valence-electron chi connectivity index (χ2n) is 5.85. The molecule has 0 atom stereocenters. The molecule has 1 aliphatic rings. The van der Waals surface area contributed by atoms with E-state index in [9.17, 15) is 9.18 Å². The quantitative estimate of drug-likeness (QED) is 0.436. The van der Waals surface area contributed by atoms with Gasteiger partial charge in [0, 0.05) is 27.3 Å². The third kappa shape index (κ3) is 4.20. The monoisotopic (exact) mass is 460 g/mol. The lowest BCUT2D eigenvalue weighted by atomic mass is 10.2. The number of urea groups is 1. The zero-order chi connectivity index (χ0) is 19.5. The summed E-state index contributed by atoms with van der Waals surface area (Å²) >= 11 is 4.77. The summed E-state index contributed by atoms with van der Waals surface area (Å²) in [5.74, 6) is 0.427. The number of carbonyl (C=O) groups is 1. The first-order valence-corrected chi connectivity index (χ1v) is 9.88. The van der Waals surface area contributed by atoms with Gasteiger partial charge in [0.25, 0.3) is 0 Å². The first-order chi connectivity index (χ1) is 13.6. The Morgan fingerprint density at radius 3 is 2.75 bits per heavy atom. The summed E-state index contributed by atoms with van der Waals surface area (Å²) in [6, 6.07) is 13.7. The molecule has 0 spiro atoms. The molecule has 2 heterocycles. The van der Waals surface area contributed by atoms with Crippen molar-refractivity contribution in [1.82, 2.24) is 10.3 Å². The van der Waals surface area contributed by atoms with Crippen LogP contribution < -0.4 is 20.1 Å². The van der Waals surface area contributed by atoms with Gasteiger partial charge in [-0.25, -0.2) is 14.2 Å². The van der Waals surface area contributed by atoms with Crippen LogP contribution in [0.4, 0.5) is 20.7 Å². The van der Waals surface area contributed by atoms with Gasteiger partial charge in [0.1, 0.15) is 11.6 Å². The highest BCUT2D eigenvalue weighted by molar-refractivity contribution is 9.10. The average Bonchev–Trinajstić information content (AvgIpc) is 2.69. The predicted molar refractivity (Wildman–Crippen MR) is 110 cm³/mol. The Bertz CT molecular complexity index is 1030. The Morgan fingerprint density at radius 1 is 1.14 bits per heavy atom. The van der Waals surface area contributed by atoms with E-state index in [1.54, 1.807) is 18.2 Å². The van der Waals surface area contributed by atoms with Gasteiger partial charge in [0.2, 0.25) is 0 Å². The van der Waals surface area contributed by atoms with Crippen LogP contribution in [0.3, 0.4) is 0 Å². The van der Waals surface area contributed by atoms with Crippen LogP contribution in [0.5, 0.6) is 11.5 Å². The number of benzene rings is 2. The Kier molecular flexibility index (Phi) is 5.36. The van der Waals surface area contributed by atoms with Crippen molar-refractivity contribution in [1.29, 1.82) is 0 Å². The fourth-order valence-electron chi connectivity index (χ4n) is 2.56. The second-order valence-corrected chi connectivity index (χ2v) is 7.64. The summed E-state index contributed by atoms with van der Waals surface area (Å²) in [7, 11) is 0. The summed E-state index contributed by atoms with van der Waals surface area (Å²) in [6.07, 6.45) is 1.50. The zero-order valence-corrected chi connectivity index (χ0v) is 16.7. The number of hydrogen-bond acceptors (Lipinski definition) is 5. The van der Waals surface area contributed by atoms with Crippen LogP contribution in [0.25, 0.3) is 0 Å². The number of rotatable bonds is 5. The van der Waals surface area contributed by atoms with E-state index >= 15 is 0 Å². The number of amides is 2. The molecule has 1 aliphatic heterocycles. The summed E-state index contributed by atoms with van der Waals surface area (Å²) in [5, 5.41) is 5.24. The molecule has 142 valence electrons. The van der Waals surface area contributed by atoms with Crippen LogP contribution >= 0.6 is 27.9 Å². The Labute approximate surface area is 173 Å². The van der Waals surface area contributed by atoms with Gasteiger partial charge in [-0.2, -0.15) is 0 Å². The maximum absolute atomic E-state index is 14.5. The number of pyridine rings is 1. The number of anilines is 2. The molecule has 0 fully saturated rings. The first-order valence-electron chi connectivity index (χ1n) is 8.27. The maximum Gasteiger partial charge on any atom is 0.320 e. The molecule has 2 aromatic carbocycles. The van der Waals surface area contributed by atoms with E-state index in [0.29, 0.717) is 22.8 Å². The average molecular weight is 461 g/mol. The van der Waals surface area contributed by atoms with Gasteiger partial charge in [-0.05, 0) is 54.4 Å². The van der Waals surface area contributed by atoms with Gasteiger partial charge < -0.3 is 14.8 Å². The predicted octanol–water partition coefficient (Wildman–Crippen LogP) is 5.53. The first kappa shape index (κ1) is 18.6. The van der Waals surface area contributed by atoms with Crippen LogP contribution in [0.15, 0.2) is 64.1 Å². The molecule has 1 aromatic heterocycles. The molecule has 0 saturated carbocycles. The van der Waals surface area contributed by atoms with E-state index in [-0.39, 0.29) is 18.3 Å². The van der Waals surface area contributed by atoms with Gasteiger partial charge in [-0.3, -0.25) is 5.32 Å². The minimum Gasteiger partial charge on any atom is -0.454 e. The number of carbonyl (C=O) groups excluding carboxylic acids is 1. The van der Waals surface area contributed by atoms with Crippen LogP contribution in [-0.4, -0.2) is 11.0 Å². The molecule has 0 aliphatic carbocycles. The van der Waals surface area contributed by atoms with Crippen molar-refractivity contribution in [3.05, 3.63) is 70.6 Å². The van der Waals surface area contributed by atoms with Crippen molar-refractivity contribution in [2.45, 2.75) is 11.4 Å². The maximum atomic E-state index is 14.5. The van der Waals surface area contributed by atoms with Gasteiger partial charge >= 0.3 is 6.03 Å². The van der Waals surface area contributed by atoms with E-state index in [1.807, 2.05) is 24.3 Å². The Balaban J connectivity index is 1.47. The number of ether oxygens (including phenoxy) is 1. The van der Waals surface area contributed by atoms with Crippen molar-refractivity contribution in [3.63, 3.8) is 0 Å². The number of nitrogens with zero attached hydrogens (tertiary/aromatic N) is 1. The smallest absolute Gasteiger partial charge is 0.320 e. The van der Waals surface area contributed by atoms with Crippen LogP contribution in [-0.2, 0) is 6.54 Å². The minimum absolute atomic E-state index is 0.0875. The molecular formula is C19H14BrFN4O2S. The fourth-order valence-corrected chi connectivity index (χ4v) is 3.45. The van der Waals surface area contributed by atoms with E-state index in [0.717, 1.165) is 9.37 Å². The van der Waals surface area contributed by atoms with E-state index in [4.69, 9.17) is 4.74 Å². The van der Waals surface area contributed by atoms with E-state index in [1.165, 1.54) is 24.2 Å². The number of hydrogen-bond donors (Lipinski definition) is 3. The molecule has 3 N–H and O–H groups in total. The highest BCUT2D eigenvalue weighted by atomic mass is 79.9. The van der Waals surface area contributed by atoms with Crippen molar-refractivity contribution in [2.24, 2.45) is 0 Å². The lowest BCUT2D eigenvalue weighted by Gasteiger charge is -2.20. The van der Waals surface area contributed by atoms with Crippen LogP contribution in [0.2, 0.25) is 0 Å². The summed E-state index contributed by atoms with van der Waals surface area (Å²) in [4.78, 5) is 16.5. The molecule has 4 rings (SSSR count). The van der Waals surface area contributed by atoms with Gasteiger partial charge in [-0.15, -0.1) is 0 Å². The molecule has 0 unspecified atom stereocenters. The third-order valence-corrected chi connectivity index (χ3v) is 5.30. The lowest BCUT2D eigenvalue weighted by molar-refractivity contribution is 0.250. The number of fused-ring (bicyclic) bond motifs is 1. The highest BCUT2D eigenvalue weighted by Gasteiger charge is 2.20. The topological polar surface area (TPSA) is 75.3 Å². The lowest BCUT2D eigenvalue weighted by Crippen LogP contribution is -2.34. The molecule has 6 nitrogen and oxygen atoms in total. The second kappa shape index (κ2) is 8.07. The molecule has 28 heavy (non-hydrogen) atoms. The van der Waals surface area contributed by atoms with Crippen LogP contribution in [0, 0.1) is 5.82 Å². The van der Waals surface area contributed by atoms with Crippen LogP contribution in [0.1, 0.15) is 5.56 Å². The van der Waals surface area contributed by atoms with Gasteiger partial charge in [0.15, 0.2) is 11.6 Å². The van der Waals surface area contributed by atoms with E-state index < -0.39 is 5.82 Å². The van der Waals surface area contributed by atoms with Crippen molar-refractivity contribution >= 4 is 45.4 Å². The number of nitrogens with one attached hydrogen (secondary N) is 3. The molecule has 0 radical (unpaired) electrons. The highest BCUT2D eigenvalue weighted by Crippen LogP contribution is 2.33. The molecule has 0 saturated heterocycles. The number of aromatic nitrogens is 1. The standard InChI is InChI=1S/C19H14BrFN4O2S/c20-11-1-4-13(5-2-11)28-25-12-3-6-17(15(21)9-12)27-16-7-8-22-18-14(16)10-23-19(26)24-18/h1-9,25H,10H2,(H2,22,23,24,26). The summed E-state index contributed by atoms with van der Waals surface area (Å²) in [6.45, 7) is 0.259. The molecular weight excluding hydrogens is 447 g/mol. The van der Waals surface area contributed by atoms with Gasteiger partial charge in [-0.1, -0.05) is 15.9 Å². The Morgan fingerprint density at radius 2 is 1.96 bits per heavy atom. The largest absolute Gasteiger partial charge is 0.454 e. The molecule has 3 aromatic rings. The van der Waals surface area contributed by atoms with Crippen molar-refractivity contribution in [2.75, 3.05) is 10.0 Å². The van der Waals surface area contributed by atoms with E-state index in [2.05, 4.69) is 36.3 Å². The molecule has 2 amide bonds. The summed E-state index contributed by atoms with van der Waals surface area (Å²) < 4.78 is 24.4. The zero-order valence-electron chi connectivity index (χ0n) is 14.3. The van der Waals surface area contributed by atoms with Gasteiger partial charge in [0.05, 0.1) is 12.1 Å². The molecule has 0 bridgehead atoms. The number of halogens is 2. The van der Waals surface area contributed by atoms with Crippen molar-refractivity contribution < 1.29 is 13.9 Å². The Hall–Kier alpha value is -2.78. The third-order valence-electron chi connectivity index (χ3n) is 3.92. The summed E-state index contributed by atoms with van der Waals surface area (Å²) in [5.41, 5.74) is 1.28.